The summed E-state index contributed by atoms with van der Waals surface area (Å²) < 4.78 is 14.7. The summed E-state index contributed by atoms with van der Waals surface area (Å²) in [6, 6.07) is 4.98. The van der Waals surface area contributed by atoms with Crippen molar-refractivity contribution in [3.63, 3.8) is 0 Å². The number of fused-ring (bicyclic) bond motifs is 1. The van der Waals surface area contributed by atoms with Crippen LogP contribution in [0, 0.1) is 5.82 Å². The fourth-order valence-electron chi connectivity index (χ4n) is 1.51. The number of halogens is 1. The molecular weight excluding hydrogens is 173 g/mol. The molecule has 1 nitrogen and oxygen atoms in total. The minimum Gasteiger partial charge on any atom is -0.249 e. The number of hydrogen-bond donors (Lipinski definition) is 1. The van der Waals surface area contributed by atoms with Crippen molar-refractivity contribution in [2.45, 2.75) is 13.0 Å². The Labute approximate surface area is 76.7 Å². The molecule has 0 amide bonds. The second-order valence-electron chi connectivity index (χ2n) is 3.05. The van der Waals surface area contributed by atoms with Crippen LogP contribution in [-0.4, -0.2) is 10.8 Å². The zero-order valence-corrected chi connectivity index (χ0v) is 7.52. The highest BCUT2D eigenvalue weighted by Gasteiger charge is 2.13. The van der Waals surface area contributed by atoms with Crippen molar-refractivity contribution in [2.24, 2.45) is 0 Å². The third-order valence-corrected chi connectivity index (χ3v) is 2.50. The molecule has 3 heteroatoms. The van der Waals surface area contributed by atoms with Crippen LogP contribution in [0.2, 0.25) is 0 Å². The van der Waals surface area contributed by atoms with Crippen LogP contribution in [0.5, 0.6) is 0 Å². The Morgan fingerprint density at radius 3 is 3.00 bits per heavy atom. The number of nitrogens with zero attached hydrogens (tertiary/aromatic N) is 1. The predicted octanol–water partition coefficient (Wildman–Crippen LogP) is 2.03. The number of rotatable bonds is 0. The van der Waals surface area contributed by atoms with E-state index in [0.29, 0.717) is 0 Å². The van der Waals surface area contributed by atoms with Gasteiger partial charge in [-0.25, -0.2) is 8.70 Å². The summed E-state index contributed by atoms with van der Waals surface area (Å²) in [4.78, 5) is 0. The first-order chi connectivity index (χ1) is 5.75. The molecule has 0 atom stereocenters. The Kier molecular flexibility index (Phi) is 2.07. The Bertz CT molecular complexity index is 301. The van der Waals surface area contributed by atoms with Gasteiger partial charge in [-0.2, -0.15) is 0 Å². The van der Waals surface area contributed by atoms with E-state index < -0.39 is 0 Å². The van der Waals surface area contributed by atoms with Crippen molar-refractivity contribution in [3.05, 3.63) is 35.1 Å². The monoisotopic (exact) mass is 183 g/mol. The minimum atomic E-state index is -0.155. The van der Waals surface area contributed by atoms with Gasteiger partial charge in [0.25, 0.3) is 0 Å². The zero-order valence-electron chi connectivity index (χ0n) is 6.63. The van der Waals surface area contributed by atoms with Crippen LogP contribution in [0.4, 0.5) is 4.39 Å². The topological polar surface area (TPSA) is 3.24 Å². The average molecular weight is 183 g/mol. The molecule has 1 aromatic carbocycles. The van der Waals surface area contributed by atoms with Crippen LogP contribution in [-0.2, 0) is 13.0 Å². The highest BCUT2D eigenvalue weighted by molar-refractivity contribution is 7.77. The maximum atomic E-state index is 12.8. The molecule has 0 saturated carbocycles. The summed E-state index contributed by atoms with van der Waals surface area (Å²) in [5.74, 6) is -0.155. The first kappa shape index (κ1) is 8.08. The molecule has 0 spiro atoms. The lowest BCUT2D eigenvalue weighted by Gasteiger charge is -2.23. The van der Waals surface area contributed by atoms with Crippen LogP contribution in [0.3, 0.4) is 0 Å². The molecule has 0 saturated heterocycles. The van der Waals surface area contributed by atoms with Gasteiger partial charge < -0.3 is 0 Å². The molecule has 0 fully saturated rings. The van der Waals surface area contributed by atoms with Gasteiger partial charge in [0.2, 0.25) is 0 Å². The molecule has 2 rings (SSSR count). The van der Waals surface area contributed by atoms with Crippen molar-refractivity contribution in [2.75, 3.05) is 6.54 Å². The van der Waals surface area contributed by atoms with E-state index in [0.717, 1.165) is 25.1 Å². The average Bonchev–Trinajstić information content (AvgIpc) is 2.03. The summed E-state index contributed by atoms with van der Waals surface area (Å²) in [5, 5.41) is 0. The maximum Gasteiger partial charge on any atom is 0.123 e. The van der Waals surface area contributed by atoms with E-state index in [1.165, 1.54) is 11.6 Å². The number of thiol groups is 1. The van der Waals surface area contributed by atoms with Gasteiger partial charge in [0, 0.05) is 13.1 Å². The van der Waals surface area contributed by atoms with E-state index in [1.54, 1.807) is 6.07 Å². The van der Waals surface area contributed by atoms with E-state index in [-0.39, 0.29) is 5.82 Å². The highest BCUT2D eigenvalue weighted by Crippen LogP contribution is 2.20. The van der Waals surface area contributed by atoms with Gasteiger partial charge >= 0.3 is 0 Å². The van der Waals surface area contributed by atoms with Crippen molar-refractivity contribution in [1.82, 2.24) is 4.31 Å². The summed E-state index contributed by atoms with van der Waals surface area (Å²) in [7, 11) is 0. The lowest BCUT2D eigenvalue weighted by molar-refractivity contribution is 0.447. The SMILES string of the molecule is Fc1ccc2c(c1)CN(S)CC2. The van der Waals surface area contributed by atoms with Gasteiger partial charge in [0.05, 0.1) is 0 Å². The molecule has 0 unspecified atom stereocenters. The first-order valence-corrected chi connectivity index (χ1v) is 4.37. The fourth-order valence-corrected chi connectivity index (χ4v) is 1.76. The summed E-state index contributed by atoms with van der Waals surface area (Å²) in [6.07, 6.45) is 0.971. The van der Waals surface area contributed by atoms with Gasteiger partial charge in [0.1, 0.15) is 5.82 Å². The first-order valence-electron chi connectivity index (χ1n) is 3.97. The van der Waals surface area contributed by atoms with Crippen molar-refractivity contribution in [1.29, 1.82) is 0 Å². The smallest absolute Gasteiger partial charge is 0.123 e. The van der Waals surface area contributed by atoms with E-state index in [4.69, 9.17) is 0 Å². The van der Waals surface area contributed by atoms with Crippen molar-refractivity contribution in [3.8, 4) is 0 Å². The lowest BCUT2D eigenvalue weighted by Crippen LogP contribution is -2.22. The molecule has 12 heavy (non-hydrogen) atoms. The summed E-state index contributed by atoms with van der Waals surface area (Å²) in [5.41, 5.74) is 2.32. The normalized spacial score (nSPS) is 17.5. The van der Waals surface area contributed by atoms with Gasteiger partial charge in [0.15, 0.2) is 0 Å². The predicted molar refractivity (Wildman–Crippen MR) is 49.5 cm³/mol. The molecule has 64 valence electrons. The van der Waals surface area contributed by atoms with Crippen molar-refractivity contribution < 1.29 is 4.39 Å². The molecule has 1 aromatic rings. The Hall–Kier alpha value is -0.540. The van der Waals surface area contributed by atoms with E-state index in [2.05, 4.69) is 12.8 Å². The molecule has 1 aliphatic rings. The summed E-state index contributed by atoms with van der Waals surface area (Å²) in [6.45, 7) is 1.69. The lowest BCUT2D eigenvalue weighted by atomic mass is 10.0. The van der Waals surface area contributed by atoms with Gasteiger partial charge in [-0.1, -0.05) is 18.9 Å². The second-order valence-corrected chi connectivity index (χ2v) is 3.62. The third kappa shape index (κ3) is 1.47. The third-order valence-electron chi connectivity index (χ3n) is 2.16. The van der Waals surface area contributed by atoms with E-state index >= 15 is 0 Å². The van der Waals surface area contributed by atoms with Gasteiger partial charge in [-0.15, -0.1) is 0 Å². The molecule has 1 heterocycles. The largest absolute Gasteiger partial charge is 0.249 e. The molecule has 0 bridgehead atoms. The fraction of sp³-hybridized carbons (Fsp3) is 0.333. The quantitative estimate of drug-likeness (QED) is 0.602. The second kappa shape index (κ2) is 3.07. The zero-order chi connectivity index (χ0) is 8.55. The standard InChI is InChI=1S/C9H10FNS/c10-9-2-1-7-3-4-11(12)6-8(7)5-9/h1-2,5,12H,3-4,6H2. The molecule has 0 radical (unpaired) electrons. The Morgan fingerprint density at radius 1 is 1.33 bits per heavy atom. The van der Waals surface area contributed by atoms with Gasteiger partial charge in [-0.05, 0) is 29.7 Å². The van der Waals surface area contributed by atoms with Crippen LogP contribution < -0.4 is 0 Å². The molecule has 0 N–H and O–H groups in total. The summed E-state index contributed by atoms with van der Waals surface area (Å²) >= 11 is 4.23. The highest BCUT2D eigenvalue weighted by atomic mass is 32.1. The van der Waals surface area contributed by atoms with E-state index in [1.807, 2.05) is 10.4 Å². The van der Waals surface area contributed by atoms with Crippen LogP contribution in [0.25, 0.3) is 0 Å². The molecule has 0 aliphatic carbocycles. The van der Waals surface area contributed by atoms with Crippen LogP contribution in [0.15, 0.2) is 18.2 Å². The molecule has 0 aromatic heterocycles. The van der Waals surface area contributed by atoms with E-state index in [9.17, 15) is 4.39 Å². The maximum absolute atomic E-state index is 12.8. The number of benzene rings is 1. The Morgan fingerprint density at radius 2 is 2.17 bits per heavy atom. The van der Waals surface area contributed by atoms with Crippen molar-refractivity contribution >= 4 is 12.8 Å². The minimum absolute atomic E-state index is 0.155. The number of hydrogen-bond acceptors (Lipinski definition) is 2. The van der Waals surface area contributed by atoms with Crippen LogP contribution in [0.1, 0.15) is 11.1 Å². The van der Waals surface area contributed by atoms with Gasteiger partial charge in [-0.3, -0.25) is 0 Å². The molecule has 1 aliphatic heterocycles. The molecular formula is C9H10FNS. The van der Waals surface area contributed by atoms with Crippen LogP contribution >= 0.6 is 12.8 Å². The Balaban J connectivity index is 2.37.